The maximum atomic E-state index is 12.3. The molecule has 1 fully saturated rings. The van der Waals surface area contributed by atoms with Crippen molar-refractivity contribution in [2.75, 3.05) is 20.3 Å². The second kappa shape index (κ2) is 8.16. The molecule has 0 N–H and O–H groups in total. The van der Waals surface area contributed by atoms with Crippen molar-refractivity contribution in [3.8, 4) is 5.75 Å². The summed E-state index contributed by atoms with van der Waals surface area (Å²) in [5.41, 5.74) is 2.17. The Balaban J connectivity index is 1.92. The van der Waals surface area contributed by atoms with Crippen LogP contribution in [0.3, 0.4) is 0 Å². The summed E-state index contributed by atoms with van der Waals surface area (Å²) in [6, 6.07) is 7.78. The molecule has 6 nitrogen and oxygen atoms in total. The molecule has 1 aliphatic heterocycles. The zero-order chi connectivity index (χ0) is 17.6. The normalized spacial score (nSPS) is 17.3. The van der Waals surface area contributed by atoms with Gasteiger partial charge in [0.15, 0.2) is 5.69 Å². The Hall–Kier alpha value is -2.34. The number of hydrogen-bond acceptors (Lipinski definition) is 5. The molecule has 1 unspecified atom stereocenters. The first-order chi connectivity index (χ1) is 12.2. The summed E-state index contributed by atoms with van der Waals surface area (Å²) in [5.74, 6) is 0.390. The summed E-state index contributed by atoms with van der Waals surface area (Å²) in [6.45, 7) is 2.83. The van der Waals surface area contributed by atoms with E-state index in [0.29, 0.717) is 18.7 Å². The molecule has 1 saturated heterocycles. The van der Waals surface area contributed by atoms with Crippen molar-refractivity contribution in [2.24, 2.45) is 0 Å². The fourth-order valence-electron chi connectivity index (χ4n) is 3.06. The van der Waals surface area contributed by atoms with Crippen LogP contribution in [0.2, 0.25) is 0 Å². The molecule has 0 saturated carbocycles. The van der Waals surface area contributed by atoms with E-state index >= 15 is 0 Å². The van der Waals surface area contributed by atoms with E-state index in [2.05, 4.69) is 5.10 Å². The highest BCUT2D eigenvalue weighted by Gasteiger charge is 2.23. The molecule has 0 radical (unpaired) electrons. The van der Waals surface area contributed by atoms with Crippen molar-refractivity contribution >= 4 is 5.97 Å². The topological polar surface area (TPSA) is 62.6 Å². The van der Waals surface area contributed by atoms with Gasteiger partial charge in [-0.25, -0.2) is 9.48 Å². The van der Waals surface area contributed by atoms with Crippen LogP contribution in [-0.2, 0) is 15.9 Å². The lowest BCUT2D eigenvalue weighted by atomic mass is 10.0. The minimum absolute atomic E-state index is 0.117. The number of carbonyl (C=O) groups is 1. The van der Waals surface area contributed by atoms with Crippen LogP contribution in [0.15, 0.2) is 30.5 Å². The Bertz CT molecular complexity index is 720. The van der Waals surface area contributed by atoms with Gasteiger partial charge < -0.3 is 14.2 Å². The van der Waals surface area contributed by atoms with Gasteiger partial charge in [0.05, 0.1) is 13.7 Å². The number of nitrogens with zero attached hydrogens (tertiary/aromatic N) is 2. The Morgan fingerprint density at radius 1 is 1.32 bits per heavy atom. The van der Waals surface area contributed by atoms with Gasteiger partial charge in [-0.05, 0) is 37.8 Å². The molecule has 0 aliphatic carbocycles. The van der Waals surface area contributed by atoms with Gasteiger partial charge in [0.25, 0.3) is 0 Å². The van der Waals surface area contributed by atoms with Crippen molar-refractivity contribution in [1.29, 1.82) is 0 Å². The second-order valence-electron chi connectivity index (χ2n) is 6.01. The van der Waals surface area contributed by atoms with Crippen LogP contribution in [0.25, 0.3) is 0 Å². The van der Waals surface area contributed by atoms with Crippen molar-refractivity contribution in [3.63, 3.8) is 0 Å². The number of methoxy groups -OCH3 is 1. The molecule has 134 valence electrons. The van der Waals surface area contributed by atoms with E-state index in [1.54, 1.807) is 18.7 Å². The number of esters is 1. The predicted octanol–water partition coefficient (Wildman–Crippen LogP) is 3.36. The van der Waals surface area contributed by atoms with E-state index < -0.39 is 5.97 Å². The first-order valence-corrected chi connectivity index (χ1v) is 8.71. The smallest absolute Gasteiger partial charge is 0.359 e. The average molecular weight is 344 g/mol. The van der Waals surface area contributed by atoms with Crippen LogP contribution < -0.4 is 4.74 Å². The second-order valence-corrected chi connectivity index (χ2v) is 6.01. The Morgan fingerprint density at radius 2 is 2.16 bits per heavy atom. The highest BCUT2D eigenvalue weighted by Crippen LogP contribution is 2.26. The van der Waals surface area contributed by atoms with Crippen LogP contribution in [0.1, 0.15) is 54.0 Å². The van der Waals surface area contributed by atoms with Crippen molar-refractivity contribution in [3.05, 3.63) is 47.3 Å². The number of rotatable bonds is 6. The lowest BCUT2D eigenvalue weighted by molar-refractivity contribution is -0.0397. The highest BCUT2D eigenvalue weighted by atomic mass is 16.5. The summed E-state index contributed by atoms with van der Waals surface area (Å²) in [5, 5.41) is 4.48. The predicted molar refractivity (Wildman–Crippen MR) is 92.8 cm³/mol. The largest absolute Gasteiger partial charge is 0.496 e. The summed E-state index contributed by atoms with van der Waals surface area (Å²) in [7, 11) is 1.64. The Kier molecular flexibility index (Phi) is 5.71. The molecule has 1 aliphatic rings. The number of para-hydroxylation sites is 1. The van der Waals surface area contributed by atoms with E-state index in [9.17, 15) is 4.79 Å². The van der Waals surface area contributed by atoms with Gasteiger partial charge in [-0.3, -0.25) is 0 Å². The third-order valence-corrected chi connectivity index (χ3v) is 4.30. The Labute approximate surface area is 147 Å². The number of benzene rings is 1. The molecule has 1 aromatic carbocycles. The van der Waals surface area contributed by atoms with Crippen molar-refractivity contribution < 1.29 is 19.0 Å². The minimum atomic E-state index is -0.401. The van der Waals surface area contributed by atoms with E-state index in [4.69, 9.17) is 14.2 Å². The van der Waals surface area contributed by atoms with Gasteiger partial charge in [-0.1, -0.05) is 18.2 Å². The first-order valence-electron chi connectivity index (χ1n) is 8.71. The van der Waals surface area contributed by atoms with Gasteiger partial charge in [-0.2, -0.15) is 5.10 Å². The molecule has 3 rings (SSSR count). The number of hydrogen-bond donors (Lipinski definition) is 0. The van der Waals surface area contributed by atoms with Gasteiger partial charge in [0, 0.05) is 24.8 Å². The van der Waals surface area contributed by atoms with Crippen LogP contribution >= 0.6 is 0 Å². The zero-order valence-corrected chi connectivity index (χ0v) is 14.7. The van der Waals surface area contributed by atoms with E-state index in [-0.39, 0.29) is 6.23 Å². The number of aromatic nitrogens is 2. The van der Waals surface area contributed by atoms with Gasteiger partial charge in [0.2, 0.25) is 0 Å². The molecule has 2 heterocycles. The summed E-state index contributed by atoms with van der Waals surface area (Å²) in [4.78, 5) is 12.3. The summed E-state index contributed by atoms with van der Waals surface area (Å²) < 4.78 is 18.1. The van der Waals surface area contributed by atoms with Crippen LogP contribution in [0.5, 0.6) is 5.75 Å². The third-order valence-electron chi connectivity index (χ3n) is 4.30. The maximum absolute atomic E-state index is 12.3. The van der Waals surface area contributed by atoms with Crippen molar-refractivity contribution in [2.45, 2.75) is 38.8 Å². The lowest BCUT2D eigenvalue weighted by Gasteiger charge is -2.22. The average Bonchev–Trinajstić information content (AvgIpc) is 3.07. The molecule has 1 aromatic heterocycles. The molecular weight excluding hydrogens is 320 g/mol. The molecule has 0 bridgehead atoms. The molecule has 1 atom stereocenters. The molecular formula is C19H24N2O4. The number of ether oxygens (including phenoxy) is 3. The maximum Gasteiger partial charge on any atom is 0.359 e. The fourth-order valence-corrected chi connectivity index (χ4v) is 3.06. The van der Waals surface area contributed by atoms with Gasteiger partial charge >= 0.3 is 5.97 Å². The van der Waals surface area contributed by atoms with Crippen LogP contribution in [0.4, 0.5) is 0 Å². The molecule has 2 aromatic rings. The Morgan fingerprint density at radius 3 is 2.88 bits per heavy atom. The first kappa shape index (κ1) is 17.5. The van der Waals surface area contributed by atoms with Gasteiger partial charge in [-0.15, -0.1) is 0 Å². The molecule has 25 heavy (non-hydrogen) atoms. The van der Waals surface area contributed by atoms with Crippen LogP contribution in [0, 0.1) is 0 Å². The summed E-state index contributed by atoms with van der Waals surface area (Å²) >= 11 is 0. The fraction of sp³-hybridized carbons (Fsp3) is 0.474. The van der Waals surface area contributed by atoms with E-state index in [1.807, 2.05) is 30.5 Å². The SMILES string of the molecule is CCOC(=O)c1nn(C2CCCCO2)cc1Cc1ccccc1OC. The highest BCUT2D eigenvalue weighted by molar-refractivity contribution is 5.89. The van der Waals surface area contributed by atoms with Crippen molar-refractivity contribution in [1.82, 2.24) is 9.78 Å². The van der Waals surface area contributed by atoms with E-state index in [0.717, 1.165) is 42.7 Å². The third kappa shape index (κ3) is 4.02. The summed E-state index contributed by atoms with van der Waals surface area (Å²) in [6.07, 6.45) is 5.39. The van der Waals surface area contributed by atoms with E-state index in [1.165, 1.54) is 0 Å². The van der Waals surface area contributed by atoms with Crippen LogP contribution in [-0.4, -0.2) is 36.1 Å². The number of carbonyl (C=O) groups excluding carboxylic acids is 1. The molecule has 0 amide bonds. The lowest BCUT2D eigenvalue weighted by Crippen LogP contribution is -2.19. The monoisotopic (exact) mass is 344 g/mol. The zero-order valence-electron chi connectivity index (χ0n) is 14.7. The molecule has 6 heteroatoms. The quantitative estimate of drug-likeness (QED) is 0.752. The standard InChI is InChI=1S/C19H24N2O4/c1-3-24-19(22)18-15(12-14-8-4-5-9-16(14)23-2)13-21(20-18)17-10-6-7-11-25-17/h4-5,8-9,13,17H,3,6-7,10-12H2,1-2H3. The minimum Gasteiger partial charge on any atom is -0.496 e. The molecule has 0 spiro atoms. The van der Waals surface area contributed by atoms with Gasteiger partial charge in [0.1, 0.15) is 12.0 Å².